The second-order valence-electron chi connectivity index (χ2n) is 9.18. The Hall–Kier alpha value is -2.79. The second-order valence-corrected chi connectivity index (χ2v) is 9.61. The molecule has 35 heavy (non-hydrogen) atoms. The molecule has 2 atom stereocenters. The minimum absolute atomic E-state index is 0.0836. The molecule has 3 aliphatic heterocycles. The van der Waals surface area contributed by atoms with E-state index in [0.29, 0.717) is 30.9 Å². The van der Waals surface area contributed by atoms with Gasteiger partial charge in [0.15, 0.2) is 5.69 Å². The Labute approximate surface area is 204 Å². The first-order valence-electron chi connectivity index (χ1n) is 11.6. The van der Waals surface area contributed by atoms with Gasteiger partial charge in [0.05, 0.1) is 17.8 Å². The third kappa shape index (κ3) is 4.97. The average molecular weight is 512 g/mol. The maximum Gasteiger partial charge on any atom is 0.416 e. The Morgan fingerprint density at radius 1 is 1.11 bits per heavy atom. The van der Waals surface area contributed by atoms with Crippen molar-refractivity contribution in [3.8, 4) is 0 Å². The predicted octanol–water partition coefficient (Wildman–Crippen LogP) is 3.67. The molecule has 2 unspecified atom stereocenters. The van der Waals surface area contributed by atoms with Crippen LogP contribution in [0.4, 0.5) is 18.0 Å². The summed E-state index contributed by atoms with van der Waals surface area (Å²) in [5.41, 5.74) is 0.335. The molecule has 2 fully saturated rings. The number of alkyl halides is 3. The Morgan fingerprint density at radius 3 is 2.57 bits per heavy atom. The van der Waals surface area contributed by atoms with Crippen LogP contribution in [0.1, 0.15) is 46.6 Å². The van der Waals surface area contributed by atoms with Crippen molar-refractivity contribution in [2.24, 2.45) is 0 Å². The van der Waals surface area contributed by atoms with Crippen molar-refractivity contribution in [1.29, 1.82) is 0 Å². The number of carbonyl (C=O) groups is 2. The molecule has 5 rings (SSSR count). The fourth-order valence-corrected chi connectivity index (χ4v) is 5.36. The molecule has 1 aromatic heterocycles. The fourth-order valence-electron chi connectivity index (χ4n) is 5.10. The maximum atomic E-state index is 13.2. The fraction of sp³-hybridized carbons (Fsp3) is 0.522. The number of rotatable bonds is 3. The molecule has 2 amide bonds. The number of aryl methyl sites for hydroxylation is 1. The van der Waals surface area contributed by atoms with E-state index in [2.05, 4.69) is 10.4 Å². The molecule has 2 aromatic rings. The molecule has 0 spiro atoms. The number of fused-ring (bicyclic) bond motifs is 3. The van der Waals surface area contributed by atoms with Crippen LogP contribution in [0, 0.1) is 0 Å². The van der Waals surface area contributed by atoms with E-state index in [1.807, 2.05) is 4.90 Å². The van der Waals surface area contributed by atoms with E-state index in [-0.39, 0.29) is 41.7 Å². The number of carbonyl (C=O) groups excluding carboxylic acids is 2. The van der Waals surface area contributed by atoms with Crippen LogP contribution in [-0.2, 0) is 30.6 Å². The van der Waals surface area contributed by atoms with Crippen LogP contribution in [0.2, 0.25) is 5.02 Å². The van der Waals surface area contributed by atoms with Gasteiger partial charge in [-0.2, -0.15) is 18.3 Å². The second kappa shape index (κ2) is 9.34. The lowest BCUT2D eigenvalue weighted by Crippen LogP contribution is -2.54. The van der Waals surface area contributed by atoms with Gasteiger partial charge in [0.1, 0.15) is 6.61 Å². The lowest BCUT2D eigenvalue weighted by molar-refractivity contribution is -0.137. The van der Waals surface area contributed by atoms with Gasteiger partial charge in [-0.1, -0.05) is 11.6 Å². The molecule has 0 saturated carbocycles. The zero-order valence-corrected chi connectivity index (χ0v) is 19.6. The summed E-state index contributed by atoms with van der Waals surface area (Å²) >= 11 is 5.81. The minimum Gasteiger partial charge on any atom is -0.445 e. The highest BCUT2D eigenvalue weighted by atomic mass is 35.5. The van der Waals surface area contributed by atoms with Gasteiger partial charge >= 0.3 is 12.3 Å². The van der Waals surface area contributed by atoms with Gasteiger partial charge in [-0.25, -0.2) is 4.79 Å². The Balaban J connectivity index is 1.25. The predicted molar refractivity (Wildman–Crippen MR) is 120 cm³/mol. The smallest absolute Gasteiger partial charge is 0.416 e. The summed E-state index contributed by atoms with van der Waals surface area (Å²) in [5.74, 6) is -0.0878. The average Bonchev–Trinajstić information content (AvgIpc) is 3.24. The van der Waals surface area contributed by atoms with Crippen molar-refractivity contribution in [2.45, 2.75) is 57.2 Å². The van der Waals surface area contributed by atoms with E-state index in [4.69, 9.17) is 16.3 Å². The van der Waals surface area contributed by atoms with E-state index in [1.165, 1.54) is 11.0 Å². The highest BCUT2D eigenvalue weighted by Crippen LogP contribution is 2.32. The van der Waals surface area contributed by atoms with Crippen molar-refractivity contribution in [3.05, 3.63) is 51.8 Å². The van der Waals surface area contributed by atoms with Crippen LogP contribution in [0.25, 0.3) is 0 Å². The quantitative estimate of drug-likeness (QED) is 0.680. The third-order valence-electron chi connectivity index (χ3n) is 6.75. The highest BCUT2D eigenvalue weighted by molar-refractivity contribution is 6.30. The highest BCUT2D eigenvalue weighted by Gasteiger charge is 2.41. The third-order valence-corrected chi connectivity index (χ3v) is 6.97. The van der Waals surface area contributed by atoms with Gasteiger partial charge in [-0.15, -0.1) is 0 Å². The van der Waals surface area contributed by atoms with Crippen molar-refractivity contribution < 1.29 is 27.5 Å². The summed E-state index contributed by atoms with van der Waals surface area (Å²) in [6.45, 7) is 2.37. The largest absolute Gasteiger partial charge is 0.445 e. The number of nitrogens with one attached hydrogen (secondary N) is 1. The van der Waals surface area contributed by atoms with Crippen molar-refractivity contribution in [2.75, 3.05) is 19.6 Å². The van der Waals surface area contributed by atoms with Crippen LogP contribution < -0.4 is 5.32 Å². The van der Waals surface area contributed by atoms with Crippen LogP contribution in [0.3, 0.4) is 0 Å². The topological polar surface area (TPSA) is 79.7 Å². The summed E-state index contributed by atoms with van der Waals surface area (Å²) in [6, 6.07) is 5.16. The monoisotopic (exact) mass is 511 g/mol. The number of aromatic nitrogens is 2. The van der Waals surface area contributed by atoms with Gasteiger partial charge in [0.25, 0.3) is 5.91 Å². The first-order chi connectivity index (χ1) is 16.7. The lowest BCUT2D eigenvalue weighted by Gasteiger charge is -2.34. The minimum atomic E-state index is -4.55. The number of halogens is 4. The maximum absolute atomic E-state index is 13.2. The standard InChI is InChI=1S/C23H25ClF3N5O3/c24-16-7-14(6-15(8-16)23(25,26)27)13-35-22(34)30-4-1-5-31-19(12-30)9-20(29-31)21(33)32-17-2-3-18(32)11-28-10-17/h6-9,17-18,28H,1-5,10-13H2. The number of nitrogens with zero attached hydrogens (tertiary/aromatic N) is 4. The van der Waals surface area contributed by atoms with Gasteiger partial charge in [0, 0.05) is 43.3 Å². The number of hydrogen-bond acceptors (Lipinski definition) is 5. The molecule has 1 N–H and O–H groups in total. The first kappa shape index (κ1) is 23.9. The number of hydrogen-bond donors (Lipinski definition) is 1. The van der Waals surface area contributed by atoms with Gasteiger partial charge in [-0.05, 0) is 49.1 Å². The SMILES string of the molecule is O=C(OCc1cc(Cl)cc(C(F)(F)F)c1)N1CCCn2nc(C(=O)N3C4CCC3CNC4)cc2C1. The molecular formula is C23H25ClF3N5O3. The normalized spacial score (nSPS) is 22.1. The number of benzene rings is 1. The van der Waals surface area contributed by atoms with Gasteiger partial charge in [0.2, 0.25) is 0 Å². The molecule has 188 valence electrons. The van der Waals surface area contributed by atoms with E-state index >= 15 is 0 Å². The summed E-state index contributed by atoms with van der Waals surface area (Å²) < 4.78 is 46.1. The molecule has 0 aliphatic carbocycles. The molecule has 2 bridgehead atoms. The molecule has 2 saturated heterocycles. The van der Waals surface area contributed by atoms with E-state index in [0.717, 1.165) is 38.1 Å². The first-order valence-corrected chi connectivity index (χ1v) is 12.0. The molecular weight excluding hydrogens is 487 g/mol. The van der Waals surface area contributed by atoms with Crippen LogP contribution in [0.5, 0.6) is 0 Å². The molecule has 1 aromatic carbocycles. The van der Waals surface area contributed by atoms with Crippen molar-refractivity contribution in [1.82, 2.24) is 24.9 Å². The van der Waals surface area contributed by atoms with Gasteiger partial charge < -0.3 is 19.9 Å². The Kier molecular flexibility index (Phi) is 6.39. The number of ether oxygens (including phenoxy) is 1. The van der Waals surface area contributed by atoms with Crippen molar-refractivity contribution in [3.63, 3.8) is 0 Å². The summed E-state index contributed by atoms with van der Waals surface area (Å²) in [4.78, 5) is 29.3. The molecule has 0 radical (unpaired) electrons. The molecule has 3 aliphatic rings. The Bertz CT molecular complexity index is 1120. The molecule has 4 heterocycles. The summed E-state index contributed by atoms with van der Waals surface area (Å²) in [6.07, 6.45) is -2.64. The Morgan fingerprint density at radius 2 is 1.86 bits per heavy atom. The van der Waals surface area contributed by atoms with Gasteiger partial charge in [-0.3, -0.25) is 9.48 Å². The van der Waals surface area contributed by atoms with Crippen molar-refractivity contribution >= 4 is 23.6 Å². The summed E-state index contributed by atoms with van der Waals surface area (Å²) in [5, 5.41) is 7.79. The number of piperazine rings is 1. The zero-order chi connectivity index (χ0) is 24.7. The molecule has 8 nitrogen and oxygen atoms in total. The van der Waals surface area contributed by atoms with Crippen LogP contribution in [0.15, 0.2) is 24.3 Å². The molecule has 12 heteroatoms. The lowest BCUT2D eigenvalue weighted by atomic mass is 10.1. The van der Waals surface area contributed by atoms with E-state index in [9.17, 15) is 22.8 Å². The van der Waals surface area contributed by atoms with Crippen LogP contribution in [-0.4, -0.2) is 63.3 Å². The zero-order valence-electron chi connectivity index (χ0n) is 18.9. The number of amides is 2. The summed E-state index contributed by atoms with van der Waals surface area (Å²) in [7, 11) is 0. The van der Waals surface area contributed by atoms with E-state index < -0.39 is 17.8 Å². The van der Waals surface area contributed by atoms with Crippen LogP contribution >= 0.6 is 11.6 Å². The van der Waals surface area contributed by atoms with E-state index in [1.54, 1.807) is 10.7 Å².